The summed E-state index contributed by atoms with van der Waals surface area (Å²) in [6.07, 6.45) is 6.60. The van der Waals surface area contributed by atoms with Crippen molar-refractivity contribution in [3.63, 3.8) is 0 Å². The third-order valence-corrected chi connectivity index (χ3v) is 4.15. The van der Waals surface area contributed by atoms with E-state index in [0.29, 0.717) is 25.7 Å². The molecule has 0 heterocycles. The van der Waals surface area contributed by atoms with Gasteiger partial charge in [-0.2, -0.15) is 0 Å². The zero-order valence-electron chi connectivity index (χ0n) is 15.9. The van der Waals surface area contributed by atoms with Crippen LogP contribution < -0.4 is 9.80 Å². The maximum atomic E-state index is 14.8. The van der Waals surface area contributed by atoms with Crippen molar-refractivity contribution in [2.45, 2.75) is 32.6 Å². The van der Waals surface area contributed by atoms with Crippen LogP contribution >= 0.6 is 0 Å². The van der Waals surface area contributed by atoms with Crippen molar-refractivity contribution in [2.75, 3.05) is 36.0 Å². The fourth-order valence-electron chi connectivity index (χ4n) is 2.85. The van der Waals surface area contributed by atoms with Crippen molar-refractivity contribution in [1.82, 2.24) is 0 Å². The largest absolute Gasteiger partial charge is 0.366 e. The highest BCUT2D eigenvalue weighted by Crippen LogP contribution is 2.36. The molecule has 150 valence electrons. The van der Waals surface area contributed by atoms with Gasteiger partial charge in [-0.1, -0.05) is 25.2 Å². The van der Waals surface area contributed by atoms with Crippen LogP contribution in [0.3, 0.4) is 0 Å². The monoisotopic (exact) mass is 384 g/mol. The van der Waals surface area contributed by atoms with Crippen LogP contribution in [0, 0.1) is 23.3 Å². The Morgan fingerprint density at radius 1 is 0.630 bits per heavy atom. The molecule has 0 fully saturated rings. The predicted molar refractivity (Wildman–Crippen MR) is 105 cm³/mol. The van der Waals surface area contributed by atoms with Crippen LogP contribution in [0.2, 0.25) is 0 Å². The molecule has 6 heteroatoms. The lowest BCUT2D eigenvalue weighted by Gasteiger charge is -2.29. The minimum Gasteiger partial charge on any atom is -0.366 e. The Kier molecular flexibility index (Phi) is 9.68. The number of hydrogen-bond acceptors (Lipinski definition) is 2. The molecule has 0 aliphatic heterocycles. The summed E-state index contributed by atoms with van der Waals surface area (Å²) in [5.74, 6) is -5.50. The van der Waals surface area contributed by atoms with Gasteiger partial charge in [0.15, 0.2) is 23.3 Å². The van der Waals surface area contributed by atoms with Crippen LogP contribution in [-0.2, 0) is 0 Å². The molecule has 27 heavy (non-hydrogen) atoms. The van der Waals surface area contributed by atoms with Crippen molar-refractivity contribution < 1.29 is 17.6 Å². The van der Waals surface area contributed by atoms with Gasteiger partial charge in [-0.05, 0) is 25.7 Å². The molecule has 0 amide bonds. The molecule has 0 aliphatic carbocycles. The Morgan fingerprint density at radius 2 is 0.926 bits per heavy atom. The lowest BCUT2D eigenvalue weighted by Crippen LogP contribution is -2.31. The van der Waals surface area contributed by atoms with E-state index in [1.165, 1.54) is 9.80 Å². The van der Waals surface area contributed by atoms with Gasteiger partial charge in [-0.25, -0.2) is 17.6 Å². The third kappa shape index (κ3) is 5.62. The second kappa shape index (κ2) is 11.5. The Morgan fingerprint density at radius 3 is 1.19 bits per heavy atom. The third-order valence-electron chi connectivity index (χ3n) is 4.15. The fraction of sp³-hybridized carbons (Fsp3) is 0.429. The van der Waals surface area contributed by atoms with E-state index in [1.54, 1.807) is 18.2 Å². The van der Waals surface area contributed by atoms with Crippen LogP contribution in [0.1, 0.15) is 32.6 Å². The van der Waals surface area contributed by atoms with E-state index in [9.17, 15) is 17.6 Å². The first-order valence-electron chi connectivity index (χ1n) is 9.12. The molecule has 0 aromatic heterocycles. The number of rotatable bonds is 13. The average Bonchev–Trinajstić information content (AvgIpc) is 2.66. The second-order valence-electron chi connectivity index (χ2n) is 6.16. The van der Waals surface area contributed by atoms with Gasteiger partial charge in [0.2, 0.25) is 0 Å². The molecular formula is C21H28F4N2. The number of nitrogens with zero attached hydrogens (tertiary/aromatic N) is 2. The number of anilines is 2. The molecule has 0 aliphatic rings. The molecule has 1 rings (SSSR count). The molecule has 2 nitrogen and oxygen atoms in total. The molecule has 1 aromatic rings. The van der Waals surface area contributed by atoms with Crippen molar-refractivity contribution in [1.29, 1.82) is 0 Å². The summed E-state index contributed by atoms with van der Waals surface area (Å²) < 4.78 is 59.2. The highest BCUT2D eigenvalue weighted by Gasteiger charge is 2.30. The SMILES string of the molecule is C=CCCN(CCC)c1c(F)c(F)c(N(CCC=C)CCC=C)c(F)c1F. The topological polar surface area (TPSA) is 6.48 Å². The molecule has 0 bridgehead atoms. The van der Waals surface area contributed by atoms with Gasteiger partial charge in [-0.15, -0.1) is 19.7 Å². The fourth-order valence-corrected chi connectivity index (χ4v) is 2.85. The van der Waals surface area contributed by atoms with E-state index >= 15 is 0 Å². The molecule has 0 atom stereocenters. The molecule has 0 saturated carbocycles. The van der Waals surface area contributed by atoms with E-state index in [-0.39, 0.29) is 26.2 Å². The van der Waals surface area contributed by atoms with E-state index in [4.69, 9.17) is 0 Å². The first kappa shape index (κ1) is 22.8. The van der Waals surface area contributed by atoms with Crippen molar-refractivity contribution >= 4 is 11.4 Å². The standard InChI is InChI=1S/C21H28F4N2/c1-5-9-13-26(12-8-4)20-16(22)18(24)21(19(25)17(20)23)27(14-10-6-2)15-11-7-3/h5-7H,1-3,8-15H2,4H3. The molecule has 0 radical (unpaired) electrons. The molecule has 0 N–H and O–H groups in total. The molecular weight excluding hydrogens is 356 g/mol. The summed E-state index contributed by atoms with van der Waals surface area (Å²) in [5, 5.41) is 0. The van der Waals surface area contributed by atoms with Crippen molar-refractivity contribution in [3.8, 4) is 0 Å². The minimum atomic E-state index is -1.38. The zero-order valence-corrected chi connectivity index (χ0v) is 15.9. The second-order valence-corrected chi connectivity index (χ2v) is 6.16. The van der Waals surface area contributed by atoms with Crippen molar-refractivity contribution in [2.24, 2.45) is 0 Å². The Balaban J connectivity index is 3.46. The van der Waals surface area contributed by atoms with E-state index in [2.05, 4.69) is 19.7 Å². The Labute approximate surface area is 159 Å². The summed E-state index contributed by atoms with van der Waals surface area (Å²) in [7, 11) is 0. The Hall–Kier alpha value is -2.24. The highest BCUT2D eigenvalue weighted by atomic mass is 19.2. The van der Waals surface area contributed by atoms with Gasteiger partial charge >= 0.3 is 0 Å². The number of benzene rings is 1. The lowest BCUT2D eigenvalue weighted by atomic mass is 10.1. The van der Waals surface area contributed by atoms with Gasteiger partial charge in [0.25, 0.3) is 0 Å². The molecule has 1 aromatic carbocycles. The predicted octanol–water partition coefficient (Wildman–Crippen LogP) is 5.99. The van der Waals surface area contributed by atoms with Gasteiger partial charge in [0.1, 0.15) is 11.4 Å². The summed E-state index contributed by atoms with van der Waals surface area (Å²) in [5.41, 5.74) is -1.34. The van der Waals surface area contributed by atoms with Gasteiger partial charge in [0, 0.05) is 26.2 Å². The van der Waals surface area contributed by atoms with Crippen LogP contribution in [0.5, 0.6) is 0 Å². The zero-order chi connectivity index (χ0) is 20.4. The summed E-state index contributed by atoms with van der Waals surface area (Å²) in [6, 6.07) is 0. The van der Waals surface area contributed by atoms with E-state index < -0.39 is 34.6 Å². The number of halogens is 4. The number of hydrogen-bond donors (Lipinski definition) is 0. The van der Waals surface area contributed by atoms with E-state index in [0.717, 1.165) is 0 Å². The molecule has 0 saturated heterocycles. The van der Waals surface area contributed by atoms with Crippen LogP contribution in [0.25, 0.3) is 0 Å². The maximum Gasteiger partial charge on any atom is 0.187 e. The van der Waals surface area contributed by atoms with Crippen LogP contribution in [0.15, 0.2) is 38.0 Å². The first-order chi connectivity index (χ1) is 12.9. The summed E-state index contributed by atoms with van der Waals surface area (Å²) in [4.78, 5) is 2.61. The van der Waals surface area contributed by atoms with Crippen LogP contribution in [0.4, 0.5) is 28.9 Å². The Bertz CT molecular complexity index is 617. The first-order valence-corrected chi connectivity index (χ1v) is 9.12. The molecule has 0 spiro atoms. The quantitative estimate of drug-likeness (QED) is 0.234. The van der Waals surface area contributed by atoms with Crippen molar-refractivity contribution in [3.05, 3.63) is 61.2 Å². The smallest absolute Gasteiger partial charge is 0.187 e. The van der Waals surface area contributed by atoms with Gasteiger partial charge < -0.3 is 9.80 Å². The van der Waals surface area contributed by atoms with Crippen LogP contribution in [-0.4, -0.2) is 26.2 Å². The summed E-state index contributed by atoms with van der Waals surface area (Å²) in [6.45, 7) is 13.4. The minimum absolute atomic E-state index is 0.193. The highest BCUT2D eigenvalue weighted by molar-refractivity contribution is 5.61. The normalized spacial score (nSPS) is 10.6. The van der Waals surface area contributed by atoms with E-state index in [1.807, 2.05) is 6.92 Å². The average molecular weight is 384 g/mol. The van der Waals surface area contributed by atoms with Gasteiger partial charge in [-0.3, -0.25) is 0 Å². The van der Waals surface area contributed by atoms with Gasteiger partial charge in [0.05, 0.1) is 0 Å². The molecule has 0 unspecified atom stereocenters. The maximum absolute atomic E-state index is 14.8. The summed E-state index contributed by atoms with van der Waals surface area (Å²) >= 11 is 0. The lowest BCUT2D eigenvalue weighted by molar-refractivity contribution is 0.448.